The number of hydrogen-bond acceptors (Lipinski definition) is 3. The van der Waals surface area contributed by atoms with Crippen LogP contribution in [0.25, 0.3) is 0 Å². The highest BCUT2D eigenvalue weighted by Gasteiger charge is 2.21. The third-order valence-electron chi connectivity index (χ3n) is 2.02. The minimum Gasteiger partial charge on any atom is -0.395 e. The van der Waals surface area contributed by atoms with Gasteiger partial charge in [-0.25, -0.2) is 8.78 Å². The average Bonchev–Trinajstić information content (AvgIpc) is 2.28. The molecule has 0 aromatic carbocycles. The number of halogens is 3. The summed E-state index contributed by atoms with van der Waals surface area (Å²) >= 11 is 5.74. The van der Waals surface area contributed by atoms with Gasteiger partial charge in [0.2, 0.25) is 0 Å². The number of hydrogen-bond donors (Lipinski definition) is 1. The van der Waals surface area contributed by atoms with Crippen molar-refractivity contribution in [3.05, 3.63) is 29.0 Å². The third-order valence-corrected chi connectivity index (χ3v) is 2.32. The first kappa shape index (κ1) is 13.8. The summed E-state index contributed by atoms with van der Waals surface area (Å²) in [4.78, 5) is 16.4. The molecule has 0 saturated heterocycles. The summed E-state index contributed by atoms with van der Waals surface area (Å²) in [5, 5.41) is 8.82. The van der Waals surface area contributed by atoms with E-state index in [0.29, 0.717) is 0 Å². The number of amides is 1. The second kappa shape index (κ2) is 6.46. The Hall–Kier alpha value is -1.27. The van der Waals surface area contributed by atoms with Gasteiger partial charge in [-0.15, -0.1) is 0 Å². The number of aliphatic hydroxyl groups excluding tert-OH is 1. The van der Waals surface area contributed by atoms with Gasteiger partial charge in [-0.3, -0.25) is 9.78 Å². The maximum atomic E-state index is 12.3. The van der Waals surface area contributed by atoms with Crippen molar-refractivity contribution in [1.82, 2.24) is 9.88 Å². The van der Waals surface area contributed by atoms with Gasteiger partial charge in [0, 0.05) is 18.9 Å². The summed E-state index contributed by atoms with van der Waals surface area (Å²) in [6, 6.07) is 1.35. The molecule has 0 radical (unpaired) electrons. The first-order chi connectivity index (χ1) is 8.06. The van der Waals surface area contributed by atoms with Crippen molar-refractivity contribution >= 4 is 17.5 Å². The fraction of sp³-hybridized carbons (Fsp3) is 0.400. The number of carbonyl (C=O) groups excluding carboxylic acids is 1. The van der Waals surface area contributed by atoms with Crippen molar-refractivity contribution in [2.45, 2.75) is 6.43 Å². The van der Waals surface area contributed by atoms with Crippen molar-refractivity contribution in [2.24, 2.45) is 0 Å². The quantitative estimate of drug-likeness (QED) is 0.875. The highest BCUT2D eigenvalue weighted by atomic mass is 35.5. The van der Waals surface area contributed by atoms with E-state index in [1.165, 1.54) is 18.5 Å². The minimum absolute atomic E-state index is 0.0923. The van der Waals surface area contributed by atoms with Crippen molar-refractivity contribution < 1.29 is 18.7 Å². The lowest BCUT2D eigenvalue weighted by molar-refractivity contribution is 0.0509. The molecule has 1 heterocycles. The zero-order valence-electron chi connectivity index (χ0n) is 8.81. The molecule has 1 amide bonds. The minimum atomic E-state index is -2.66. The summed E-state index contributed by atoms with van der Waals surface area (Å²) in [6.45, 7) is -1.29. The van der Waals surface area contributed by atoms with Gasteiger partial charge in [-0.2, -0.15) is 0 Å². The van der Waals surface area contributed by atoms with Crippen LogP contribution in [-0.4, -0.2) is 47.0 Å². The highest BCUT2D eigenvalue weighted by Crippen LogP contribution is 2.16. The Bertz CT molecular complexity index is 390. The van der Waals surface area contributed by atoms with E-state index in [-0.39, 0.29) is 23.7 Å². The third kappa shape index (κ3) is 3.90. The van der Waals surface area contributed by atoms with Crippen LogP contribution < -0.4 is 0 Å². The Labute approximate surface area is 102 Å². The molecule has 1 rings (SSSR count). The Morgan fingerprint density at radius 3 is 2.82 bits per heavy atom. The van der Waals surface area contributed by atoms with E-state index in [2.05, 4.69) is 4.98 Å². The number of rotatable bonds is 5. The van der Waals surface area contributed by atoms with Crippen LogP contribution >= 0.6 is 11.6 Å². The molecular weight excluding hydrogens is 254 g/mol. The summed E-state index contributed by atoms with van der Waals surface area (Å²) < 4.78 is 24.5. The molecule has 0 fully saturated rings. The maximum Gasteiger partial charge on any atom is 0.255 e. The largest absolute Gasteiger partial charge is 0.395 e. The van der Waals surface area contributed by atoms with Crippen molar-refractivity contribution in [1.29, 1.82) is 0 Å². The molecule has 94 valence electrons. The second-order valence-corrected chi connectivity index (χ2v) is 3.63. The molecule has 4 nitrogen and oxygen atoms in total. The van der Waals surface area contributed by atoms with Gasteiger partial charge in [-0.1, -0.05) is 11.6 Å². The Morgan fingerprint density at radius 1 is 1.59 bits per heavy atom. The summed E-state index contributed by atoms with van der Waals surface area (Å²) in [5.74, 6) is -0.647. The molecule has 0 bridgehead atoms. The fourth-order valence-electron chi connectivity index (χ4n) is 1.28. The van der Waals surface area contributed by atoms with Gasteiger partial charge < -0.3 is 10.0 Å². The van der Waals surface area contributed by atoms with Gasteiger partial charge in [0.05, 0.1) is 23.7 Å². The molecule has 0 aliphatic carbocycles. The molecule has 1 aromatic rings. The molecule has 0 spiro atoms. The van der Waals surface area contributed by atoms with E-state index in [1.54, 1.807) is 0 Å². The topological polar surface area (TPSA) is 53.4 Å². The lowest BCUT2D eigenvalue weighted by atomic mass is 10.2. The van der Waals surface area contributed by atoms with Crippen molar-refractivity contribution in [3.63, 3.8) is 0 Å². The predicted molar refractivity (Wildman–Crippen MR) is 58.2 cm³/mol. The van der Waals surface area contributed by atoms with E-state index in [0.717, 1.165) is 4.90 Å². The van der Waals surface area contributed by atoms with Gasteiger partial charge in [0.15, 0.2) is 0 Å². The average molecular weight is 265 g/mol. The fourth-order valence-corrected chi connectivity index (χ4v) is 1.48. The number of aromatic nitrogens is 1. The van der Waals surface area contributed by atoms with Crippen LogP contribution in [0.3, 0.4) is 0 Å². The van der Waals surface area contributed by atoms with Crippen LogP contribution in [0.2, 0.25) is 5.02 Å². The molecule has 0 saturated carbocycles. The van der Waals surface area contributed by atoms with E-state index < -0.39 is 18.9 Å². The normalized spacial score (nSPS) is 10.6. The molecule has 0 aliphatic heterocycles. The number of aliphatic hydroxyl groups is 1. The predicted octanol–water partition coefficient (Wildman–Crippen LogP) is 1.43. The van der Waals surface area contributed by atoms with Crippen LogP contribution in [0.1, 0.15) is 10.4 Å². The van der Waals surface area contributed by atoms with Crippen LogP contribution in [0.4, 0.5) is 8.78 Å². The Balaban J connectivity index is 2.88. The standard InChI is InChI=1S/C10H11ClF2N2O2/c11-8-5-14-2-1-7(8)10(17)15(3-4-16)6-9(12)13/h1-2,5,9,16H,3-4,6H2. The van der Waals surface area contributed by atoms with E-state index >= 15 is 0 Å². The van der Waals surface area contributed by atoms with Gasteiger partial charge in [0.1, 0.15) is 0 Å². The summed E-state index contributed by atoms with van der Waals surface area (Å²) in [6.07, 6.45) is -0.0569. The van der Waals surface area contributed by atoms with E-state index in [9.17, 15) is 13.6 Å². The molecular formula is C10H11ClF2N2O2. The first-order valence-corrected chi connectivity index (χ1v) is 5.22. The lowest BCUT2D eigenvalue weighted by Crippen LogP contribution is -2.37. The van der Waals surface area contributed by atoms with E-state index in [1.807, 2.05) is 0 Å². The van der Waals surface area contributed by atoms with Gasteiger partial charge >= 0.3 is 0 Å². The molecule has 17 heavy (non-hydrogen) atoms. The SMILES string of the molecule is O=C(c1ccncc1Cl)N(CCO)CC(F)F. The molecule has 1 N–H and O–H groups in total. The number of nitrogens with zero attached hydrogens (tertiary/aromatic N) is 2. The first-order valence-electron chi connectivity index (χ1n) is 4.84. The van der Waals surface area contributed by atoms with Crippen molar-refractivity contribution in [2.75, 3.05) is 19.7 Å². The van der Waals surface area contributed by atoms with E-state index in [4.69, 9.17) is 16.7 Å². The smallest absolute Gasteiger partial charge is 0.255 e. The number of alkyl halides is 2. The number of carbonyl (C=O) groups is 1. The van der Waals surface area contributed by atoms with Crippen LogP contribution in [0.15, 0.2) is 18.5 Å². The molecule has 0 unspecified atom stereocenters. The van der Waals surface area contributed by atoms with Crippen LogP contribution in [-0.2, 0) is 0 Å². The zero-order chi connectivity index (χ0) is 12.8. The summed E-state index contributed by atoms with van der Waals surface area (Å²) in [7, 11) is 0. The van der Waals surface area contributed by atoms with Crippen molar-refractivity contribution in [3.8, 4) is 0 Å². The molecule has 1 aromatic heterocycles. The lowest BCUT2D eigenvalue weighted by Gasteiger charge is -2.21. The number of pyridine rings is 1. The van der Waals surface area contributed by atoms with Gasteiger partial charge in [-0.05, 0) is 6.07 Å². The molecule has 0 aliphatic rings. The summed E-state index contributed by atoms with van der Waals surface area (Å²) in [5.41, 5.74) is 0.0933. The highest BCUT2D eigenvalue weighted by molar-refractivity contribution is 6.33. The van der Waals surface area contributed by atoms with Crippen LogP contribution in [0.5, 0.6) is 0 Å². The molecule has 0 atom stereocenters. The van der Waals surface area contributed by atoms with Gasteiger partial charge in [0.25, 0.3) is 12.3 Å². The second-order valence-electron chi connectivity index (χ2n) is 3.22. The Morgan fingerprint density at radius 2 is 2.29 bits per heavy atom. The maximum absolute atomic E-state index is 12.3. The van der Waals surface area contributed by atoms with Crippen LogP contribution in [0, 0.1) is 0 Å². The molecule has 7 heteroatoms. The Kier molecular flexibility index (Phi) is 5.24. The zero-order valence-corrected chi connectivity index (χ0v) is 9.57. The monoisotopic (exact) mass is 264 g/mol.